The van der Waals surface area contributed by atoms with Gasteiger partial charge in [-0.05, 0) is 23.3 Å². The lowest BCUT2D eigenvalue weighted by Gasteiger charge is -2.14. The minimum atomic E-state index is -0.220. The zero-order valence-electron chi connectivity index (χ0n) is 15.5. The number of ether oxygens (including phenoxy) is 3. The lowest BCUT2D eigenvalue weighted by Crippen LogP contribution is -2.12. The molecule has 0 saturated carbocycles. The normalized spacial score (nSPS) is 10.2. The van der Waals surface area contributed by atoms with E-state index in [4.69, 9.17) is 14.2 Å². The molecular formula is C22H21NO4. The highest BCUT2D eigenvalue weighted by Gasteiger charge is 2.15. The molecule has 3 aromatic carbocycles. The summed E-state index contributed by atoms with van der Waals surface area (Å²) in [5.74, 6) is 1.21. The lowest BCUT2D eigenvalue weighted by molar-refractivity contribution is 0.102. The fraction of sp³-hybridized carbons (Fsp3) is 0.136. The zero-order valence-corrected chi connectivity index (χ0v) is 15.5. The van der Waals surface area contributed by atoms with E-state index in [1.165, 1.54) is 21.3 Å². The summed E-state index contributed by atoms with van der Waals surface area (Å²) in [6.07, 6.45) is 0. The van der Waals surface area contributed by atoms with E-state index in [0.717, 1.165) is 11.1 Å². The van der Waals surface area contributed by atoms with E-state index in [1.54, 1.807) is 18.2 Å². The minimum absolute atomic E-state index is 0.220. The van der Waals surface area contributed by atoms with Crippen LogP contribution in [0.1, 0.15) is 10.4 Å². The van der Waals surface area contributed by atoms with Crippen molar-refractivity contribution in [3.05, 3.63) is 72.3 Å². The van der Waals surface area contributed by atoms with Crippen molar-refractivity contribution in [2.75, 3.05) is 26.6 Å². The highest BCUT2D eigenvalue weighted by molar-refractivity contribution is 6.05. The fourth-order valence-electron chi connectivity index (χ4n) is 2.83. The van der Waals surface area contributed by atoms with Gasteiger partial charge >= 0.3 is 0 Å². The van der Waals surface area contributed by atoms with Crippen LogP contribution in [0.5, 0.6) is 17.2 Å². The van der Waals surface area contributed by atoms with Crippen LogP contribution >= 0.6 is 0 Å². The van der Waals surface area contributed by atoms with Crippen molar-refractivity contribution in [3.8, 4) is 28.4 Å². The van der Waals surface area contributed by atoms with Crippen LogP contribution in [0.25, 0.3) is 11.1 Å². The molecule has 5 heteroatoms. The summed E-state index contributed by atoms with van der Waals surface area (Å²) in [5.41, 5.74) is 3.15. The van der Waals surface area contributed by atoms with Gasteiger partial charge in [-0.1, -0.05) is 42.5 Å². The minimum Gasteiger partial charge on any atom is -0.493 e. The molecule has 3 rings (SSSR count). The monoisotopic (exact) mass is 363 g/mol. The van der Waals surface area contributed by atoms with E-state index >= 15 is 0 Å². The van der Waals surface area contributed by atoms with E-state index in [2.05, 4.69) is 5.32 Å². The summed E-state index contributed by atoms with van der Waals surface area (Å²) in [5, 5.41) is 2.88. The summed E-state index contributed by atoms with van der Waals surface area (Å²) >= 11 is 0. The number of anilines is 1. The van der Waals surface area contributed by atoms with Crippen molar-refractivity contribution in [1.29, 1.82) is 0 Å². The number of carbonyl (C=O) groups excluding carboxylic acids is 1. The Morgan fingerprint density at radius 2 is 1.37 bits per heavy atom. The molecule has 0 bridgehead atoms. The van der Waals surface area contributed by atoms with Gasteiger partial charge in [-0.3, -0.25) is 4.79 Å². The van der Waals surface area contributed by atoms with Gasteiger partial charge in [-0.2, -0.15) is 0 Å². The number of hydrogen-bond acceptors (Lipinski definition) is 4. The molecule has 0 radical (unpaired) electrons. The van der Waals surface area contributed by atoms with E-state index in [1.807, 2.05) is 48.5 Å². The quantitative estimate of drug-likeness (QED) is 0.694. The van der Waals surface area contributed by atoms with Gasteiger partial charge in [-0.15, -0.1) is 0 Å². The first kappa shape index (κ1) is 18.3. The molecule has 0 aliphatic heterocycles. The molecule has 1 amide bonds. The van der Waals surface area contributed by atoms with E-state index < -0.39 is 0 Å². The molecule has 3 aromatic rings. The van der Waals surface area contributed by atoms with Crippen LogP contribution < -0.4 is 19.5 Å². The lowest BCUT2D eigenvalue weighted by atomic mass is 10.0. The number of nitrogens with one attached hydrogen (secondary N) is 1. The van der Waals surface area contributed by atoms with Crippen molar-refractivity contribution in [2.45, 2.75) is 0 Å². The maximum Gasteiger partial charge on any atom is 0.255 e. The third-order valence-electron chi connectivity index (χ3n) is 4.15. The standard InChI is InChI=1S/C22H21NO4/c1-25-19-13-18(14-20(26-2)21(19)27-3)23-22(24)17-11-7-10-16(12-17)15-8-5-4-6-9-15/h4-14H,1-3H3,(H,23,24). The number of carbonyl (C=O) groups is 1. The Morgan fingerprint density at radius 3 is 1.96 bits per heavy atom. The first-order valence-corrected chi connectivity index (χ1v) is 8.43. The second-order valence-electron chi connectivity index (χ2n) is 5.81. The van der Waals surface area contributed by atoms with Crippen LogP contribution in [0.4, 0.5) is 5.69 Å². The summed E-state index contributed by atoms with van der Waals surface area (Å²) in [6, 6.07) is 20.8. The Balaban J connectivity index is 1.88. The van der Waals surface area contributed by atoms with Gasteiger partial charge in [0, 0.05) is 23.4 Å². The maximum absolute atomic E-state index is 12.7. The molecule has 0 heterocycles. The average Bonchev–Trinajstić information content (AvgIpc) is 2.73. The molecule has 5 nitrogen and oxygen atoms in total. The fourth-order valence-corrected chi connectivity index (χ4v) is 2.83. The number of amides is 1. The summed E-state index contributed by atoms with van der Waals surface area (Å²) in [6.45, 7) is 0. The molecule has 138 valence electrons. The first-order valence-electron chi connectivity index (χ1n) is 8.43. The largest absolute Gasteiger partial charge is 0.493 e. The molecular weight excluding hydrogens is 342 g/mol. The van der Waals surface area contributed by atoms with E-state index in [0.29, 0.717) is 28.5 Å². The SMILES string of the molecule is COc1cc(NC(=O)c2cccc(-c3ccccc3)c2)cc(OC)c1OC. The van der Waals surface area contributed by atoms with Crippen LogP contribution in [0.3, 0.4) is 0 Å². The molecule has 0 unspecified atom stereocenters. The number of benzene rings is 3. The number of hydrogen-bond donors (Lipinski definition) is 1. The van der Waals surface area contributed by atoms with Crippen LogP contribution in [0.2, 0.25) is 0 Å². The Hall–Kier alpha value is -3.47. The van der Waals surface area contributed by atoms with Crippen molar-refractivity contribution in [2.24, 2.45) is 0 Å². The zero-order chi connectivity index (χ0) is 19.2. The molecule has 0 atom stereocenters. The second kappa shape index (κ2) is 8.27. The van der Waals surface area contributed by atoms with Crippen LogP contribution in [-0.4, -0.2) is 27.2 Å². The highest BCUT2D eigenvalue weighted by atomic mass is 16.5. The summed E-state index contributed by atoms with van der Waals surface area (Å²) < 4.78 is 16.0. The van der Waals surface area contributed by atoms with Crippen molar-refractivity contribution in [3.63, 3.8) is 0 Å². The molecule has 0 fully saturated rings. The van der Waals surface area contributed by atoms with Gasteiger partial charge in [0.05, 0.1) is 21.3 Å². The van der Waals surface area contributed by atoms with E-state index in [-0.39, 0.29) is 5.91 Å². The Kier molecular flexibility index (Phi) is 5.61. The van der Waals surface area contributed by atoms with Gasteiger partial charge in [0.25, 0.3) is 5.91 Å². The number of rotatable bonds is 6. The summed E-state index contributed by atoms with van der Waals surface area (Å²) in [7, 11) is 4.60. The van der Waals surface area contributed by atoms with Crippen LogP contribution in [0.15, 0.2) is 66.7 Å². The second-order valence-corrected chi connectivity index (χ2v) is 5.81. The predicted molar refractivity (Wildman–Crippen MR) is 106 cm³/mol. The topological polar surface area (TPSA) is 56.8 Å². The van der Waals surface area contributed by atoms with Crippen molar-refractivity contribution in [1.82, 2.24) is 0 Å². The number of methoxy groups -OCH3 is 3. The molecule has 0 aliphatic rings. The van der Waals surface area contributed by atoms with Crippen molar-refractivity contribution >= 4 is 11.6 Å². The average molecular weight is 363 g/mol. The predicted octanol–water partition coefficient (Wildman–Crippen LogP) is 4.63. The van der Waals surface area contributed by atoms with Gasteiger partial charge in [0.1, 0.15) is 0 Å². The third kappa shape index (κ3) is 4.03. The van der Waals surface area contributed by atoms with Gasteiger partial charge in [-0.25, -0.2) is 0 Å². The van der Waals surface area contributed by atoms with Gasteiger partial charge in [0.15, 0.2) is 11.5 Å². The van der Waals surface area contributed by atoms with Crippen LogP contribution in [-0.2, 0) is 0 Å². The first-order chi connectivity index (χ1) is 13.2. The van der Waals surface area contributed by atoms with Crippen LogP contribution in [0, 0.1) is 0 Å². The molecule has 27 heavy (non-hydrogen) atoms. The molecule has 0 spiro atoms. The maximum atomic E-state index is 12.7. The third-order valence-corrected chi connectivity index (χ3v) is 4.15. The molecule has 0 saturated heterocycles. The van der Waals surface area contributed by atoms with Gasteiger partial charge < -0.3 is 19.5 Å². The van der Waals surface area contributed by atoms with Crippen molar-refractivity contribution < 1.29 is 19.0 Å². The van der Waals surface area contributed by atoms with Gasteiger partial charge in [0.2, 0.25) is 5.75 Å². The highest BCUT2D eigenvalue weighted by Crippen LogP contribution is 2.40. The molecule has 0 aliphatic carbocycles. The smallest absolute Gasteiger partial charge is 0.255 e. The Morgan fingerprint density at radius 1 is 0.741 bits per heavy atom. The van der Waals surface area contributed by atoms with E-state index in [9.17, 15) is 4.79 Å². The molecule has 1 N–H and O–H groups in total. The molecule has 0 aromatic heterocycles. The Labute approximate surface area is 158 Å². The Bertz CT molecular complexity index is 913. The summed E-state index contributed by atoms with van der Waals surface area (Å²) in [4.78, 5) is 12.7.